The largest absolute Gasteiger partial charge is 0.409 e. The van der Waals surface area contributed by atoms with Gasteiger partial charge in [0.25, 0.3) is 0 Å². The Hall–Kier alpha value is -1.59. The molecule has 0 fully saturated rings. The molecule has 1 aromatic carbocycles. The molecule has 0 aromatic heterocycles. The summed E-state index contributed by atoms with van der Waals surface area (Å²) < 4.78 is 0. The van der Waals surface area contributed by atoms with E-state index < -0.39 is 0 Å². The van der Waals surface area contributed by atoms with E-state index in [-0.39, 0.29) is 12.4 Å². The van der Waals surface area contributed by atoms with Crippen molar-refractivity contribution in [2.45, 2.75) is 26.3 Å². The molecule has 19 heavy (non-hydrogen) atoms. The van der Waals surface area contributed by atoms with Gasteiger partial charge in [-0.2, -0.15) is 0 Å². The number of benzene rings is 1. The van der Waals surface area contributed by atoms with Crippen molar-refractivity contribution in [1.29, 1.82) is 0 Å². The molecule has 5 nitrogen and oxygen atoms in total. The lowest BCUT2D eigenvalue weighted by Gasteiger charge is -2.14. The highest BCUT2D eigenvalue weighted by molar-refractivity contribution is 5.97. The quantitative estimate of drug-likeness (QED) is 0.247. The second kappa shape index (κ2) is 8.50. The number of rotatable bonds is 8. The van der Waals surface area contributed by atoms with Gasteiger partial charge in [0.2, 0.25) is 0 Å². The van der Waals surface area contributed by atoms with E-state index in [1.165, 1.54) is 0 Å². The number of amidine groups is 1. The molecule has 1 rings (SSSR count). The van der Waals surface area contributed by atoms with Crippen molar-refractivity contribution >= 4 is 5.84 Å². The highest BCUT2D eigenvalue weighted by atomic mass is 16.4. The Morgan fingerprint density at radius 3 is 2.89 bits per heavy atom. The van der Waals surface area contributed by atoms with Crippen LogP contribution in [0.4, 0.5) is 0 Å². The Labute approximate surface area is 114 Å². The van der Waals surface area contributed by atoms with Gasteiger partial charge in [-0.1, -0.05) is 36.7 Å². The number of aliphatic hydroxyl groups excluding tert-OH is 1. The van der Waals surface area contributed by atoms with Gasteiger partial charge >= 0.3 is 0 Å². The van der Waals surface area contributed by atoms with Crippen LogP contribution in [0.5, 0.6) is 0 Å². The summed E-state index contributed by atoms with van der Waals surface area (Å²) in [5.74, 6) is 0.617. The molecular weight excluding hydrogens is 242 g/mol. The van der Waals surface area contributed by atoms with E-state index in [9.17, 15) is 0 Å². The molecule has 0 saturated carbocycles. The van der Waals surface area contributed by atoms with E-state index >= 15 is 0 Å². The lowest BCUT2D eigenvalue weighted by molar-refractivity contribution is 0.251. The third-order valence-corrected chi connectivity index (χ3v) is 3.21. The monoisotopic (exact) mass is 265 g/mol. The van der Waals surface area contributed by atoms with Crippen molar-refractivity contribution in [1.82, 2.24) is 5.32 Å². The molecule has 0 saturated heterocycles. The highest BCUT2D eigenvalue weighted by Crippen LogP contribution is 2.08. The van der Waals surface area contributed by atoms with Crippen LogP contribution in [0.1, 0.15) is 30.9 Å². The van der Waals surface area contributed by atoms with Gasteiger partial charge in [-0.15, -0.1) is 0 Å². The van der Waals surface area contributed by atoms with Crippen molar-refractivity contribution < 1.29 is 10.3 Å². The summed E-state index contributed by atoms with van der Waals surface area (Å²) in [4.78, 5) is 0. The van der Waals surface area contributed by atoms with E-state index in [2.05, 4.69) is 17.4 Å². The van der Waals surface area contributed by atoms with Gasteiger partial charge in [-0.05, 0) is 30.5 Å². The maximum absolute atomic E-state index is 8.93. The maximum atomic E-state index is 8.93. The zero-order valence-corrected chi connectivity index (χ0v) is 11.3. The summed E-state index contributed by atoms with van der Waals surface area (Å²) in [5.41, 5.74) is 7.35. The predicted octanol–water partition coefficient (Wildman–Crippen LogP) is 1.28. The summed E-state index contributed by atoms with van der Waals surface area (Å²) >= 11 is 0. The Morgan fingerprint density at radius 1 is 1.47 bits per heavy atom. The van der Waals surface area contributed by atoms with E-state index in [0.29, 0.717) is 11.5 Å². The molecule has 0 aliphatic heterocycles. The average molecular weight is 265 g/mol. The van der Waals surface area contributed by atoms with Gasteiger partial charge in [0.15, 0.2) is 5.84 Å². The van der Waals surface area contributed by atoms with Crippen LogP contribution in [0, 0.1) is 5.92 Å². The van der Waals surface area contributed by atoms with Crippen molar-refractivity contribution in [2.75, 3.05) is 13.2 Å². The molecule has 0 bridgehead atoms. The Morgan fingerprint density at radius 2 is 2.26 bits per heavy atom. The SMILES string of the molecule is CCC(CCO)CNCc1cccc(C(N)=NO)c1. The molecule has 0 amide bonds. The zero-order valence-electron chi connectivity index (χ0n) is 11.3. The van der Waals surface area contributed by atoms with E-state index in [1.54, 1.807) is 6.07 Å². The van der Waals surface area contributed by atoms with Crippen LogP contribution in [0.3, 0.4) is 0 Å². The maximum Gasteiger partial charge on any atom is 0.170 e. The van der Waals surface area contributed by atoms with Gasteiger partial charge in [0.05, 0.1) is 0 Å². The average Bonchev–Trinajstić information content (AvgIpc) is 2.45. The number of aliphatic hydroxyl groups is 1. The number of hydrogen-bond acceptors (Lipinski definition) is 4. The van der Waals surface area contributed by atoms with E-state index in [0.717, 1.165) is 31.5 Å². The fraction of sp³-hybridized carbons (Fsp3) is 0.500. The number of hydrogen-bond donors (Lipinski definition) is 4. The molecule has 1 aromatic rings. The first kappa shape index (κ1) is 15.5. The third kappa shape index (κ3) is 5.28. The molecule has 1 unspecified atom stereocenters. The van der Waals surface area contributed by atoms with E-state index in [1.807, 2.05) is 18.2 Å². The Bertz CT molecular complexity index is 407. The number of nitrogens with two attached hydrogens (primary N) is 1. The zero-order chi connectivity index (χ0) is 14.1. The van der Waals surface area contributed by atoms with Crippen LogP contribution in [0.2, 0.25) is 0 Å². The third-order valence-electron chi connectivity index (χ3n) is 3.21. The van der Waals surface area contributed by atoms with E-state index in [4.69, 9.17) is 16.0 Å². The summed E-state index contributed by atoms with van der Waals surface area (Å²) in [6, 6.07) is 7.58. The molecule has 106 valence electrons. The van der Waals surface area contributed by atoms with Gasteiger partial charge < -0.3 is 21.4 Å². The van der Waals surface area contributed by atoms with Crippen molar-refractivity contribution in [2.24, 2.45) is 16.8 Å². The first-order valence-corrected chi connectivity index (χ1v) is 6.59. The summed E-state index contributed by atoms with van der Waals surface area (Å²) in [7, 11) is 0. The molecule has 0 radical (unpaired) electrons. The minimum atomic E-state index is 0.119. The first-order valence-electron chi connectivity index (χ1n) is 6.59. The minimum absolute atomic E-state index is 0.119. The number of oxime groups is 1. The summed E-state index contributed by atoms with van der Waals surface area (Å²) in [5, 5.41) is 23.9. The van der Waals surface area contributed by atoms with Gasteiger partial charge in [-0.3, -0.25) is 0 Å². The molecule has 0 aliphatic carbocycles. The second-order valence-corrected chi connectivity index (χ2v) is 4.60. The molecule has 5 N–H and O–H groups in total. The first-order chi connectivity index (χ1) is 9.21. The molecule has 1 atom stereocenters. The topological polar surface area (TPSA) is 90.9 Å². The van der Waals surface area contributed by atoms with Crippen molar-refractivity contribution in [3.05, 3.63) is 35.4 Å². The minimum Gasteiger partial charge on any atom is -0.409 e. The number of nitrogens with zero attached hydrogens (tertiary/aromatic N) is 1. The van der Waals surface area contributed by atoms with Crippen LogP contribution in [-0.4, -0.2) is 29.3 Å². The summed E-state index contributed by atoms with van der Waals surface area (Å²) in [6.07, 6.45) is 1.88. The molecule has 0 aliphatic rings. The highest BCUT2D eigenvalue weighted by Gasteiger charge is 2.05. The predicted molar refractivity (Wildman–Crippen MR) is 76.1 cm³/mol. The van der Waals surface area contributed by atoms with Crippen LogP contribution in [-0.2, 0) is 6.54 Å². The normalized spacial score (nSPS) is 13.5. The standard InChI is InChI=1S/C14H23N3O2/c1-2-11(6-7-18)9-16-10-12-4-3-5-13(8-12)14(15)17-19/h3-5,8,11,16,18-19H,2,6-7,9-10H2,1H3,(H2,15,17). The fourth-order valence-corrected chi connectivity index (χ4v) is 1.95. The van der Waals surface area contributed by atoms with Crippen LogP contribution in [0.15, 0.2) is 29.4 Å². The van der Waals surface area contributed by atoms with Crippen molar-refractivity contribution in [3.63, 3.8) is 0 Å². The second-order valence-electron chi connectivity index (χ2n) is 4.60. The van der Waals surface area contributed by atoms with Gasteiger partial charge in [0, 0.05) is 18.7 Å². The molecular formula is C14H23N3O2. The number of nitrogens with one attached hydrogen (secondary N) is 1. The fourth-order valence-electron chi connectivity index (χ4n) is 1.95. The van der Waals surface area contributed by atoms with Gasteiger partial charge in [0.1, 0.15) is 0 Å². The van der Waals surface area contributed by atoms with Crippen LogP contribution < -0.4 is 11.1 Å². The Kier molecular flexibility index (Phi) is 6.92. The molecule has 0 heterocycles. The lowest BCUT2D eigenvalue weighted by Crippen LogP contribution is -2.23. The van der Waals surface area contributed by atoms with Gasteiger partial charge in [-0.25, -0.2) is 0 Å². The molecule has 0 spiro atoms. The Balaban J connectivity index is 2.49. The van der Waals surface area contributed by atoms with Crippen LogP contribution >= 0.6 is 0 Å². The smallest absolute Gasteiger partial charge is 0.170 e. The summed E-state index contributed by atoms with van der Waals surface area (Å²) in [6.45, 7) is 3.97. The lowest BCUT2D eigenvalue weighted by atomic mass is 10.0. The molecule has 5 heteroatoms. The van der Waals surface area contributed by atoms with Crippen molar-refractivity contribution in [3.8, 4) is 0 Å². The van der Waals surface area contributed by atoms with Crippen LogP contribution in [0.25, 0.3) is 0 Å².